The zero-order valence-electron chi connectivity index (χ0n) is 19.0. The maximum Gasteiger partial charge on any atom is 0.416 e. The highest BCUT2D eigenvalue weighted by molar-refractivity contribution is 7.89. The number of aromatic nitrogens is 2. The zero-order valence-corrected chi connectivity index (χ0v) is 19.8. The van der Waals surface area contributed by atoms with E-state index < -0.39 is 50.9 Å². The number of halogens is 6. The van der Waals surface area contributed by atoms with E-state index in [2.05, 4.69) is 10.4 Å². The van der Waals surface area contributed by atoms with Crippen LogP contribution < -0.4 is 5.32 Å². The standard InChI is InChI=1S/C23H19F6N3O4S/c1-2-3-19(33)14-6-10-17(11-7-14)30-21(34)18-12-32(37(35,36)13-22(24,25)26)31-20(18)15-4-8-16(9-5-15)23(27,28)29/h4-12H,2-3,13H2,1H3,(H,30,34). The number of hydrogen-bond acceptors (Lipinski definition) is 5. The fourth-order valence-electron chi connectivity index (χ4n) is 3.27. The van der Waals surface area contributed by atoms with Gasteiger partial charge >= 0.3 is 12.4 Å². The van der Waals surface area contributed by atoms with Crippen molar-refractivity contribution < 1.29 is 44.3 Å². The quantitative estimate of drug-likeness (QED) is 0.295. The number of rotatable bonds is 8. The van der Waals surface area contributed by atoms with E-state index in [1.54, 1.807) is 0 Å². The summed E-state index contributed by atoms with van der Waals surface area (Å²) in [7, 11) is -5.10. The van der Waals surface area contributed by atoms with E-state index in [0.29, 0.717) is 36.7 Å². The van der Waals surface area contributed by atoms with Crippen molar-refractivity contribution in [1.29, 1.82) is 0 Å². The van der Waals surface area contributed by atoms with Crippen LogP contribution in [0.2, 0.25) is 0 Å². The molecule has 7 nitrogen and oxygen atoms in total. The first-order valence-electron chi connectivity index (χ1n) is 10.6. The molecule has 3 aromatic rings. The zero-order chi connectivity index (χ0) is 27.6. The van der Waals surface area contributed by atoms with E-state index in [1.165, 1.54) is 24.3 Å². The van der Waals surface area contributed by atoms with E-state index in [9.17, 15) is 44.3 Å². The predicted octanol–water partition coefficient (Wildman–Crippen LogP) is 5.54. The summed E-state index contributed by atoms with van der Waals surface area (Å²) in [4.78, 5) is 24.9. The number of carbonyl (C=O) groups excluding carboxylic acids is 2. The van der Waals surface area contributed by atoms with Crippen LogP contribution in [0.15, 0.2) is 54.7 Å². The summed E-state index contributed by atoms with van der Waals surface area (Å²) >= 11 is 0. The molecule has 1 heterocycles. The Morgan fingerprint density at radius 2 is 1.54 bits per heavy atom. The Balaban J connectivity index is 2.00. The maximum atomic E-state index is 13.0. The minimum atomic E-state index is -5.11. The van der Waals surface area contributed by atoms with Crippen molar-refractivity contribution in [2.45, 2.75) is 32.1 Å². The number of nitrogens with zero attached hydrogens (tertiary/aromatic N) is 2. The molecule has 198 valence electrons. The summed E-state index contributed by atoms with van der Waals surface area (Å²) in [6.07, 6.45) is -8.29. The van der Waals surface area contributed by atoms with Gasteiger partial charge in [0.25, 0.3) is 15.9 Å². The van der Waals surface area contributed by atoms with Gasteiger partial charge in [-0.1, -0.05) is 19.1 Å². The van der Waals surface area contributed by atoms with Crippen LogP contribution in [-0.4, -0.2) is 41.2 Å². The average molecular weight is 547 g/mol. The van der Waals surface area contributed by atoms with Gasteiger partial charge in [0.2, 0.25) is 0 Å². The van der Waals surface area contributed by atoms with Crippen LogP contribution in [0.1, 0.15) is 46.0 Å². The molecule has 0 saturated heterocycles. The molecule has 0 spiro atoms. The van der Waals surface area contributed by atoms with Gasteiger partial charge in [0.1, 0.15) is 5.69 Å². The van der Waals surface area contributed by atoms with Crippen molar-refractivity contribution in [2.75, 3.05) is 11.1 Å². The maximum absolute atomic E-state index is 13.0. The van der Waals surface area contributed by atoms with Gasteiger partial charge in [-0.15, -0.1) is 0 Å². The molecule has 0 aliphatic carbocycles. The van der Waals surface area contributed by atoms with Gasteiger partial charge in [-0.2, -0.15) is 35.5 Å². The number of ketones is 1. The third kappa shape index (κ3) is 6.96. The van der Waals surface area contributed by atoms with Crippen molar-refractivity contribution in [2.24, 2.45) is 0 Å². The molecule has 1 amide bonds. The van der Waals surface area contributed by atoms with Crippen molar-refractivity contribution in [3.8, 4) is 11.3 Å². The molecule has 0 aliphatic rings. The summed E-state index contributed by atoms with van der Waals surface area (Å²) in [6.45, 7) is 1.83. The molecule has 1 N–H and O–H groups in total. The lowest BCUT2D eigenvalue weighted by Gasteiger charge is -2.08. The number of hydrogen-bond donors (Lipinski definition) is 1. The van der Waals surface area contributed by atoms with Gasteiger partial charge in [-0.25, -0.2) is 8.42 Å². The minimum absolute atomic E-state index is 0.0328. The molecule has 0 atom stereocenters. The lowest BCUT2D eigenvalue weighted by atomic mass is 10.0. The van der Waals surface area contributed by atoms with Crippen LogP contribution in [0.5, 0.6) is 0 Å². The van der Waals surface area contributed by atoms with Gasteiger partial charge < -0.3 is 5.32 Å². The molecule has 14 heteroatoms. The second-order valence-corrected chi connectivity index (χ2v) is 9.74. The number of Topliss-reactive ketones (excluding diaryl/α,β-unsaturated/α-hetero) is 1. The summed E-state index contributed by atoms with van der Waals surface area (Å²) in [5, 5.41) is 6.01. The van der Waals surface area contributed by atoms with Gasteiger partial charge in [0.15, 0.2) is 11.5 Å². The first kappa shape index (κ1) is 27.9. The van der Waals surface area contributed by atoms with E-state index in [0.717, 1.165) is 12.1 Å². The molecule has 0 radical (unpaired) electrons. The van der Waals surface area contributed by atoms with Crippen LogP contribution in [0, 0.1) is 0 Å². The SMILES string of the molecule is CCCC(=O)c1ccc(NC(=O)c2cn(S(=O)(=O)CC(F)(F)F)nc2-c2ccc(C(F)(F)F)cc2)cc1. The van der Waals surface area contributed by atoms with E-state index in [-0.39, 0.29) is 21.1 Å². The minimum Gasteiger partial charge on any atom is -0.322 e. The molecule has 0 fully saturated rings. The lowest BCUT2D eigenvalue weighted by molar-refractivity contribution is -0.137. The third-order valence-corrected chi connectivity index (χ3v) is 6.45. The number of carbonyl (C=O) groups is 2. The van der Waals surface area contributed by atoms with Gasteiger partial charge in [0.05, 0.1) is 17.3 Å². The Kier molecular flexibility index (Phi) is 7.81. The highest BCUT2D eigenvalue weighted by atomic mass is 32.2. The topological polar surface area (TPSA) is 98.1 Å². The molecule has 0 aliphatic heterocycles. The summed E-state index contributed by atoms with van der Waals surface area (Å²) in [5.74, 6) is -3.39. The number of anilines is 1. The van der Waals surface area contributed by atoms with Gasteiger partial charge in [-0.05, 0) is 42.8 Å². The molecular formula is C23H19F6N3O4S. The van der Waals surface area contributed by atoms with Gasteiger partial charge in [-0.3, -0.25) is 9.59 Å². The van der Waals surface area contributed by atoms with Crippen molar-refractivity contribution >= 4 is 27.4 Å². The summed E-state index contributed by atoms with van der Waals surface area (Å²) in [5.41, 5.74) is -1.58. The number of amides is 1. The Hall–Kier alpha value is -3.68. The first-order valence-corrected chi connectivity index (χ1v) is 12.2. The van der Waals surface area contributed by atoms with Crippen LogP contribution in [-0.2, 0) is 16.2 Å². The van der Waals surface area contributed by atoms with Crippen LogP contribution >= 0.6 is 0 Å². The molecule has 3 rings (SSSR count). The molecule has 0 saturated carbocycles. The Bertz CT molecular complexity index is 1390. The summed E-state index contributed by atoms with van der Waals surface area (Å²) < 4.78 is 102. The fraction of sp³-hybridized carbons (Fsp3) is 0.261. The number of alkyl halides is 6. The lowest BCUT2D eigenvalue weighted by Crippen LogP contribution is -2.28. The highest BCUT2D eigenvalue weighted by Gasteiger charge is 2.37. The molecular weight excluding hydrogens is 528 g/mol. The van der Waals surface area contributed by atoms with E-state index >= 15 is 0 Å². The normalized spacial score (nSPS) is 12.4. The highest BCUT2D eigenvalue weighted by Crippen LogP contribution is 2.32. The van der Waals surface area contributed by atoms with Crippen LogP contribution in [0.25, 0.3) is 11.3 Å². The largest absolute Gasteiger partial charge is 0.416 e. The smallest absolute Gasteiger partial charge is 0.322 e. The number of benzene rings is 2. The monoisotopic (exact) mass is 547 g/mol. The second kappa shape index (κ2) is 10.4. The predicted molar refractivity (Wildman–Crippen MR) is 122 cm³/mol. The van der Waals surface area contributed by atoms with Crippen molar-refractivity contribution in [3.05, 3.63) is 71.4 Å². The molecule has 0 bridgehead atoms. The van der Waals surface area contributed by atoms with Crippen molar-refractivity contribution in [1.82, 2.24) is 9.19 Å². The Morgan fingerprint density at radius 3 is 2.05 bits per heavy atom. The van der Waals surface area contributed by atoms with E-state index in [1.807, 2.05) is 6.92 Å². The average Bonchev–Trinajstić information content (AvgIpc) is 3.24. The molecule has 1 aromatic heterocycles. The third-order valence-electron chi connectivity index (χ3n) is 5.00. The summed E-state index contributed by atoms with van der Waals surface area (Å²) in [6, 6.07) is 8.82. The molecule has 2 aromatic carbocycles. The van der Waals surface area contributed by atoms with Gasteiger partial charge in [0, 0.05) is 23.2 Å². The number of nitrogens with one attached hydrogen (secondary N) is 1. The van der Waals surface area contributed by atoms with Crippen LogP contribution in [0.4, 0.5) is 32.0 Å². The first-order chi connectivity index (χ1) is 17.1. The Morgan fingerprint density at radius 1 is 0.946 bits per heavy atom. The Labute approximate surface area is 207 Å². The van der Waals surface area contributed by atoms with Crippen LogP contribution in [0.3, 0.4) is 0 Å². The van der Waals surface area contributed by atoms with E-state index in [4.69, 9.17) is 0 Å². The second-order valence-electron chi connectivity index (χ2n) is 7.92. The van der Waals surface area contributed by atoms with Crippen molar-refractivity contribution in [3.63, 3.8) is 0 Å². The fourth-order valence-corrected chi connectivity index (χ4v) is 4.29. The molecule has 0 unspecified atom stereocenters. The molecule has 37 heavy (non-hydrogen) atoms.